The number of piperidine rings is 1. The highest BCUT2D eigenvalue weighted by Crippen LogP contribution is 2.27. The highest BCUT2D eigenvalue weighted by molar-refractivity contribution is 7.89. The molecular formula is C27H42Cl2N6O5S. The molecule has 0 unspecified atom stereocenters. The second kappa shape index (κ2) is 14.7. The van der Waals surface area contributed by atoms with Crippen molar-refractivity contribution in [2.24, 2.45) is 11.7 Å². The summed E-state index contributed by atoms with van der Waals surface area (Å²) in [5.74, 6) is -0.805. The molecular weight excluding hydrogens is 591 g/mol. The lowest BCUT2D eigenvalue weighted by Gasteiger charge is -2.39. The molecule has 0 radical (unpaired) electrons. The lowest BCUT2D eigenvalue weighted by Crippen LogP contribution is -2.57. The number of hydrogen-bond donors (Lipinski definition) is 3. The van der Waals surface area contributed by atoms with Crippen LogP contribution in [0.4, 0.5) is 0 Å². The van der Waals surface area contributed by atoms with Crippen molar-refractivity contribution < 1.29 is 22.7 Å². The maximum absolute atomic E-state index is 14.0. The van der Waals surface area contributed by atoms with Crippen molar-refractivity contribution in [3.63, 3.8) is 0 Å². The van der Waals surface area contributed by atoms with Crippen LogP contribution in [0.25, 0.3) is 0 Å². The lowest BCUT2D eigenvalue weighted by molar-refractivity contribution is -0.156. The normalized spacial score (nSPS) is 21.9. The lowest BCUT2D eigenvalue weighted by atomic mass is 9.91. The van der Waals surface area contributed by atoms with E-state index in [-0.39, 0.29) is 48.0 Å². The number of guanidine groups is 1. The van der Waals surface area contributed by atoms with Gasteiger partial charge in [0.05, 0.1) is 12.0 Å². The SMILES string of the molecule is COC(=O)[C@H]1C[C@@H](C)CCN1C(=O)[C@H](CC1=CCCN(C(=N)N)C1)NS(=O)(=O)c1ccc2c(c1)CN(C)CC2.Cl.Cl. The fourth-order valence-electron chi connectivity index (χ4n) is 5.67. The smallest absolute Gasteiger partial charge is 0.328 e. The van der Waals surface area contributed by atoms with Gasteiger partial charge in [-0.05, 0) is 68.3 Å². The number of nitrogens with two attached hydrogens (primary N) is 1. The molecule has 230 valence electrons. The Morgan fingerprint density at radius 3 is 2.59 bits per heavy atom. The minimum Gasteiger partial charge on any atom is -0.467 e. The zero-order valence-corrected chi connectivity index (χ0v) is 26.2. The summed E-state index contributed by atoms with van der Waals surface area (Å²) < 4.78 is 35.0. The van der Waals surface area contributed by atoms with E-state index in [1.807, 2.05) is 26.1 Å². The molecule has 0 bridgehead atoms. The standard InChI is InChI=1S/C27H40N6O5S.2ClH/c1-18-8-12-33(24(13-18)26(35)38-3)25(34)23(14-19-5-4-10-32(16-19)27(28)29)30-39(36,37)22-7-6-20-9-11-31(2)17-21(20)15-22;;/h5-7,15,18,23-24,30H,4,8-14,16-17H2,1-3H3,(H3,28,29);2*1H/t18-,23-,24+;;/m0../s1. The minimum atomic E-state index is -4.07. The Morgan fingerprint density at radius 1 is 1.17 bits per heavy atom. The van der Waals surface area contributed by atoms with Crippen LogP contribution >= 0.6 is 24.8 Å². The number of likely N-dealkylation sites (tertiary alicyclic amines) is 1. The van der Waals surface area contributed by atoms with Gasteiger partial charge in [0.15, 0.2) is 5.96 Å². The average Bonchev–Trinajstić information content (AvgIpc) is 2.91. The first kappa shape index (κ1) is 34.8. The van der Waals surface area contributed by atoms with Crippen LogP contribution in [0.15, 0.2) is 34.7 Å². The second-order valence-electron chi connectivity index (χ2n) is 11.0. The first-order valence-electron chi connectivity index (χ1n) is 13.5. The van der Waals surface area contributed by atoms with Crippen molar-refractivity contribution in [2.75, 3.05) is 40.3 Å². The molecule has 11 nitrogen and oxygen atoms in total. The van der Waals surface area contributed by atoms with E-state index in [4.69, 9.17) is 15.9 Å². The van der Waals surface area contributed by atoms with Gasteiger partial charge in [0.2, 0.25) is 15.9 Å². The van der Waals surface area contributed by atoms with Gasteiger partial charge in [0, 0.05) is 32.7 Å². The third-order valence-electron chi connectivity index (χ3n) is 7.94. The van der Waals surface area contributed by atoms with Gasteiger partial charge in [-0.3, -0.25) is 10.2 Å². The maximum atomic E-state index is 14.0. The van der Waals surface area contributed by atoms with Crippen molar-refractivity contribution in [1.82, 2.24) is 19.4 Å². The summed E-state index contributed by atoms with van der Waals surface area (Å²) >= 11 is 0. The second-order valence-corrected chi connectivity index (χ2v) is 12.7. The maximum Gasteiger partial charge on any atom is 0.328 e. The van der Waals surface area contributed by atoms with E-state index in [2.05, 4.69) is 9.62 Å². The largest absolute Gasteiger partial charge is 0.467 e. The average molecular weight is 634 g/mol. The van der Waals surface area contributed by atoms with Crippen LogP contribution in [-0.2, 0) is 37.3 Å². The molecule has 41 heavy (non-hydrogen) atoms. The van der Waals surface area contributed by atoms with Gasteiger partial charge in [-0.15, -0.1) is 24.8 Å². The Morgan fingerprint density at radius 2 is 1.90 bits per heavy atom. The molecule has 1 amide bonds. The minimum absolute atomic E-state index is 0. The van der Waals surface area contributed by atoms with Crippen LogP contribution < -0.4 is 10.5 Å². The number of sulfonamides is 1. The summed E-state index contributed by atoms with van der Waals surface area (Å²) in [5.41, 5.74) is 8.59. The Kier molecular flexibility index (Phi) is 12.5. The van der Waals surface area contributed by atoms with Crippen LogP contribution in [0.3, 0.4) is 0 Å². The summed E-state index contributed by atoms with van der Waals surface area (Å²) in [7, 11) is -0.779. The molecule has 1 saturated heterocycles. The molecule has 1 aromatic carbocycles. The third-order valence-corrected chi connectivity index (χ3v) is 9.41. The van der Waals surface area contributed by atoms with E-state index in [1.165, 1.54) is 12.0 Å². The molecule has 3 atom stereocenters. The van der Waals surface area contributed by atoms with Crippen molar-refractivity contribution in [2.45, 2.75) is 62.6 Å². The number of fused-ring (bicyclic) bond motifs is 1. The van der Waals surface area contributed by atoms with E-state index < -0.39 is 34.0 Å². The number of esters is 1. The number of benzene rings is 1. The molecule has 3 aliphatic rings. The number of likely N-dealkylation sites (N-methyl/N-ethyl adjacent to an activating group) is 1. The quantitative estimate of drug-likeness (QED) is 0.178. The predicted molar refractivity (Wildman–Crippen MR) is 162 cm³/mol. The molecule has 0 aromatic heterocycles. The van der Waals surface area contributed by atoms with Gasteiger partial charge in [0.1, 0.15) is 12.1 Å². The Labute approximate surface area is 255 Å². The molecule has 4 N–H and O–H groups in total. The van der Waals surface area contributed by atoms with Gasteiger partial charge in [0.25, 0.3) is 0 Å². The van der Waals surface area contributed by atoms with E-state index in [0.29, 0.717) is 45.4 Å². The first-order chi connectivity index (χ1) is 18.5. The molecule has 1 fully saturated rings. The van der Waals surface area contributed by atoms with Crippen molar-refractivity contribution in [1.29, 1.82) is 5.41 Å². The van der Waals surface area contributed by atoms with Crippen LogP contribution in [0.1, 0.15) is 43.7 Å². The summed E-state index contributed by atoms with van der Waals surface area (Å²) in [6.07, 6.45) is 4.72. The summed E-state index contributed by atoms with van der Waals surface area (Å²) in [6, 6.07) is 3.22. The van der Waals surface area contributed by atoms with Gasteiger partial charge < -0.3 is 25.2 Å². The Balaban J connectivity index is 0.00000294. The molecule has 0 aliphatic carbocycles. The zero-order valence-electron chi connectivity index (χ0n) is 23.8. The molecule has 0 spiro atoms. The molecule has 14 heteroatoms. The van der Waals surface area contributed by atoms with E-state index in [1.54, 1.807) is 17.0 Å². The van der Waals surface area contributed by atoms with E-state index >= 15 is 0 Å². The van der Waals surface area contributed by atoms with Crippen LogP contribution in [0, 0.1) is 11.3 Å². The Bertz CT molecular complexity index is 1260. The number of carbonyl (C=O) groups excluding carboxylic acids is 2. The summed E-state index contributed by atoms with van der Waals surface area (Å²) in [5, 5.41) is 7.80. The number of ether oxygens (including phenoxy) is 1. The number of amides is 1. The number of methoxy groups -OCH3 is 1. The molecule has 3 aliphatic heterocycles. The van der Waals surface area contributed by atoms with Crippen molar-refractivity contribution in [3.05, 3.63) is 41.0 Å². The van der Waals surface area contributed by atoms with Crippen LogP contribution in [0.5, 0.6) is 0 Å². The predicted octanol–water partition coefficient (Wildman–Crippen LogP) is 1.88. The van der Waals surface area contributed by atoms with E-state index in [9.17, 15) is 18.0 Å². The van der Waals surface area contributed by atoms with Crippen molar-refractivity contribution in [3.8, 4) is 0 Å². The van der Waals surface area contributed by atoms with Crippen LogP contribution in [0.2, 0.25) is 0 Å². The molecule has 3 heterocycles. The summed E-state index contributed by atoms with van der Waals surface area (Å²) in [6.45, 7) is 4.85. The first-order valence-corrected chi connectivity index (χ1v) is 14.9. The summed E-state index contributed by atoms with van der Waals surface area (Å²) in [4.78, 5) is 32.0. The fourth-order valence-corrected chi connectivity index (χ4v) is 6.91. The topological polar surface area (TPSA) is 149 Å². The fraction of sp³-hybridized carbons (Fsp3) is 0.593. The van der Waals surface area contributed by atoms with Crippen molar-refractivity contribution >= 4 is 52.7 Å². The zero-order chi connectivity index (χ0) is 28.3. The molecule has 4 rings (SSSR count). The van der Waals surface area contributed by atoms with Gasteiger partial charge in [-0.1, -0.05) is 24.6 Å². The van der Waals surface area contributed by atoms with Crippen LogP contribution in [-0.4, -0.2) is 93.4 Å². The van der Waals surface area contributed by atoms with Gasteiger partial charge in [-0.2, -0.15) is 4.72 Å². The number of carbonyl (C=O) groups is 2. The third kappa shape index (κ3) is 8.35. The molecule has 0 saturated carbocycles. The highest BCUT2D eigenvalue weighted by atomic mass is 35.5. The number of nitrogens with zero attached hydrogens (tertiary/aromatic N) is 3. The van der Waals surface area contributed by atoms with Gasteiger partial charge in [-0.25, -0.2) is 13.2 Å². The Hall–Kier alpha value is -2.38. The monoisotopic (exact) mass is 632 g/mol. The number of rotatable bonds is 7. The highest BCUT2D eigenvalue weighted by Gasteiger charge is 2.40. The van der Waals surface area contributed by atoms with E-state index in [0.717, 1.165) is 29.7 Å². The number of halogens is 2. The number of hydrogen-bond acceptors (Lipinski definition) is 7. The molecule has 1 aromatic rings. The number of nitrogens with one attached hydrogen (secondary N) is 2. The van der Waals surface area contributed by atoms with Gasteiger partial charge >= 0.3 is 5.97 Å².